The van der Waals surface area contributed by atoms with Crippen LogP contribution >= 0.6 is 0 Å². The lowest BCUT2D eigenvalue weighted by Crippen LogP contribution is -2.09. The molecule has 8 nitrogen and oxygen atoms in total. The van der Waals surface area contributed by atoms with Crippen LogP contribution in [0.4, 0.5) is 5.82 Å². The molecule has 8 heteroatoms. The molecular weight excluding hydrogens is 376 g/mol. The van der Waals surface area contributed by atoms with Crippen LogP contribution in [0, 0.1) is 0 Å². The lowest BCUT2D eigenvalue weighted by molar-refractivity contribution is 0.613. The van der Waals surface area contributed by atoms with Gasteiger partial charge in [-0.25, -0.2) is 19.9 Å². The second-order valence-corrected chi connectivity index (χ2v) is 7.49. The largest absolute Gasteiger partial charge is 0.368 e. The van der Waals surface area contributed by atoms with Crippen LogP contribution in [0.2, 0.25) is 0 Å². The van der Waals surface area contributed by atoms with Crippen molar-refractivity contribution in [1.29, 1.82) is 0 Å². The molecule has 0 aliphatic rings. The number of benzene rings is 1. The van der Waals surface area contributed by atoms with Crippen molar-refractivity contribution in [2.24, 2.45) is 0 Å². The van der Waals surface area contributed by atoms with E-state index in [2.05, 4.69) is 55.8 Å². The Hall–Kier alpha value is -3.81. The van der Waals surface area contributed by atoms with Gasteiger partial charge >= 0.3 is 0 Å². The van der Waals surface area contributed by atoms with Gasteiger partial charge in [0.1, 0.15) is 5.52 Å². The number of hydrogen-bond acceptors (Lipinski definition) is 6. The number of rotatable bonds is 6. The Kier molecular flexibility index (Phi) is 4.59. The summed E-state index contributed by atoms with van der Waals surface area (Å²) in [6.45, 7) is 4.96. The van der Waals surface area contributed by atoms with Crippen LogP contribution in [0.15, 0.2) is 55.4 Å². The molecule has 0 aliphatic heterocycles. The third-order valence-electron chi connectivity index (χ3n) is 5.09. The minimum atomic E-state index is 0.251. The molecule has 150 valence electrons. The van der Waals surface area contributed by atoms with E-state index < -0.39 is 0 Å². The summed E-state index contributed by atoms with van der Waals surface area (Å²) in [6, 6.07) is 10.4. The van der Waals surface area contributed by atoms with Crippen molar-refractivity contribution < 1.29 is 0 Å². The summed E-state index contributed by atoms with van der Waals surface area (Å²) in [7, 11) is 0. The van der Waals surface area contributed by atoms with Gasteiger partial charge in [0.05, 0.1) is 23.7 Å². The van der Waals surface area contributed by atoms with Gasteiger partial charge in [0.25, 0.3) is 0 Å². The molecule has 30 heavy (non-hydrogen) atoms. The van der Waals surface area contributed by atoms with E-state index in [-0.39, 0.29) is 6.04 Å². The number of H-pyrrole nitrogens is 1. The van der Waals surface area contributed by atoms with Crippen molar-refractivity contribution in [2.75, 3.05) is 11.9 Å². The molecule has 0 saturated carbocycles. The molecule has 4 heterocycles. The van der Waals surface area contributed by atoms with Crippen LogP contribution in [-0.2, 0) is 6.42 Å². The number of hydrogen-bond donors (Lipinski definition) is 2. The molecule has 0 amide bonds. The molecule has 0 fully saturated rings. The zero-order chi connectivity index (χ0) is 20.5. The van der Waals surface area contributed by atoms with E-state index >= 15 is 0 Å². The zero-order valence-corrected chi connectivity index (χ0v) is 16.9. The smallest absolute Gasteiger partial charge is 0.166 e. The molecule has 0 radical (unpaired) electrons. The first kappa shape index (κ1) is 18.2. The highest BCUT2D eigenvalue weighted by Crippen LogP contribution is 2.25. The Labute approximate surface area is 173 Å². The SMILES string of the molecule is CC(C)n1cnc2c(NCCc3ccc4nc[nH]c4c3)nc(-c3cccnc3)nc21. The Morgan fingerprint density at radius 2 is 2.07 bits per heavy atom. The molecule has 2 N–H and O–H groups in total. The summed E-state index contributed by atoms with van der Waals surface area (Å²) in [5.41, 5.74) is 5.73. The fourth-order valence-corrected chi connectivity index (χ4v) is 3.51. The summed E-state index contributed by atoms with van der Waals surface area (Å²) in [4.78, 5) is 25.8. The zero-order valence-electron chi connectivity index (χ0n) is 16.9. The number of nitrogens with one attached hydrogen (secondary N) is 2. The first-order chi connectivity index (χ1) is 14.7. The maximum absolute atomic E-state index is 4.78. The maximum Gasteiger partial charge on any atom is 0.166 e. The van der Waals surface area contributed by atoms with E-state index in [4.69, 9.17) is 9.97 Å². The van der Waals surface area contributed by atoms with Crippen LogP contribution in [0.1, 0.15) is 25.5 Å². The van der Waals surface area contributed by atoms with E-state index in [0.29, 0.717) is 5.82 Å². The van der Waals surface area contributed by atoms with E-state index in [0.717, 1.165) is 46.5 Å². The Morgan fingerprint density at radius 3 is 2.90 bits per heavy atom. The normalized spacial score (nSPS) is 11.6. The van der Waals surface area contributed by atoms with E-state index in [9.17, 15) is 0 Å². The van der Waals surface area contributed by atoms with Crippen molar-refractivity contribution in [2.45, 2.75) is 26.3 Å². The van der Waals surface area contributed by atoms with Crippen molar-refractivity contribution in [1.82, 2.24) is 34.5 Å². The predicted octanol–water partition coefficient (Wildman–Crippen LogP) is 4.00. The molecular formula is C22H22N8. The summed E-state index contributed by atoms with van der Waals surface area (Å²) in [5.74, 6) is 1.38. The van der Waals surface area contributed by atoms with Gasteiger partial charge in [-0.15, -0.1) is 0 Å². The molecule has 0 unspecified atom stereocenters. The highest BCUT2D eigenvalue weighted by atomic mass is 15.2. The first-order valence-electron chi connectivity index (χ1n) is 10.00. The summed E-state index contributed by atoms with van der Waals surface area (Å²) < 4.78 is 2.06. The summed E-state index contributed by atoms with van der Waals surface area (Å²) in [5, 5.41) is 3.47. The molecule has 0 atom stereocenters. The molecule has 0 saturated heterocycles. The van der Waals surface area contributed by atoms with Crippen LogP contribution in [-0.4, -0.2) is 41.0 Å². The monoisotopic (exact) mass is 398 g/mol. The summed E-state index contributed by atoms with van der Waals surface area (Å²) in [6.07, 6.45) is 7.92. The van der Waals surface area contributed by atoms with Crippen molar-refractivity contribution in [3.05, 3.63) is 60.9 Å². The predicted molar refractivity (Wildman–Crippen MR) is 117 cm³/mol. The van der Waals surface area contributed by atoms with E-state index in [1.165, 1.54) is 5.56 Å². The van der Waals surface area contributed by atoms with Crippen LogP contribution < -0.4 is 5.32 Å². The van der Waals surface area contributed by atoms with E-state index in [1.54, 1.807) is 18.7 Å². The highest BCUT2D eigenvalue weighted by molar-refractivity contribution is 5.85. The number of anilines is 1. The fourth-order valence-electron chi connectivity index (χ4n) is 3.51. The lowest BCUT2D eigenvalue weighted by Gasteiger charge is -2.11. The van der Waals surface area contributed by atoms with Gasteiger partial charge in [0.15, 0.2) is 17.3 Å². The second-order valence-electron chi connectivity index (χ2n) is 7.49. The molecule has 0 bridgehead atoms. The molecule has 0 aliphatic carbocycles. The topological polar surface area (TPSA) is 97.2 Å². The van der Waals surface area contributed by atoms with Gasteiger partial charge in [-0.2, -0.15) is 0 Å². The van der Waals surface area contributed by atoms with Gasteiger partial charge in [0, 0.05) is 30.5 Å². The van der Waals surface area contributed by atoms with Gasteiger partial charge in [-0.05, 0) is 50.1 Å². The highest BCUT2D eigenvalue weighted by Gasteiger charge is 2.15. The standard InChI is InChI=1S/C22H22N8/c1-14(2)30-13-27-19-21(28-20(29-22(19)30)16-4-3-8-23-11-16)24-9-7-15-5-6-17-18(10-15)26-12-25-17/h3-6,8,10-14H,7,9H2,1-2H3,(H,25,26)(H,24,28,29). The fraction of sp³-hybridized carbons (Fsp3) is 0.227. The Bertz CT molecular complexity index is 1300. The van der Waals surface area contributed by atoms with Gasteiger partial charge in [0.2, 0.25) is 0 Å². The molecule has 5 aromatic rings. The van der Waals surface area contributed by atoms with Gasteiger partial charge < -0.3 is 14.9 Å². The average Bonchev–Trinajstić information content (AvgIpc) is 3.41. The quantitative estimate of drug-likeness (QED) is 0.449. The maximum atomic E-state index is 4.78. The second kappa shape index (κ2) is 7.55. The minimum absolute atomic E-state index is 0.251. The number of nitrogens with zero attached hydrogens (tertiary/aromatic N) is 6. The number of aromatic amines is 1. The van der Waals surface area contributed by atoms with Gasteiger partial charge in [-0.1, -0.05) is 6.07 Å². The Balaban J connectivity index is 1.46. The van der Waals surface area contributed by atoms with Crippen LogP contribution in [0.3, 0.4) is 0 Å². The molecule has 1 aromatic carbocycles. The minimum Gasteiger partial charge on any atom is -0.368 e. The number of pyridine rings is 1. The third-order valence-corrected chi connectivity index (χ3v) is 5.09. The lowest BCUT2D eigenvalue weighted by atomic mass is 10.1. The number of imidazole rings is 2. The first-order valence-corrected chi connectivity index (χ1v) is 10.00. The average molecular weight is 398 g/mol. The van der Waals surface area contributed by atoms with Crippen molar-refractivity contribution in [3.63, 3.8) is 0 Å². The number of aromatic nitrogens is 7. The molecule has 4 aromatic heterocycles. The summed E-state index contributed by atoms with van der Waals surface area (Å²) >= 11 is 0. The third kappa shape index (κ3) is 3.36. The molecule has 5 rings (SSSR count). The molecule has 0 spiro atoms. The van der Waals surface area contributed by atoms with E-state index in [1.807, 2.05) is 24.5 Å². The van der Waals surface area contributed by atoms with Crippen LogP contribution in [0.5, 0.6) is 0 Å². The number of fused-ring (bicyclic) bond motifs is 2. The Morgan fingerprint density at radius 1 is 1.13 bits per heavy atom. The van der Waals surface area contributed by atoms with Gasteiger partial charge in [-0.3, -0.25) is 4.98 Å². The van der Waals surface area contributed by atoms with Crippen molar-refractivity contribution in [3.8, 4) is 11.4 Å². The van der Waals surface area contributed by atoms with Crippen LogP contribution in [0.25, 0.3) is 33.6 Å². The van der Waals surface area contributed by atoms with Crippen molar-refractivity contribution >= 4 is 28.0 Å².